The average Bonchev–Trinajstić information content (AvgIpc) is 3.45. The molecule has 2 aliphatic rings. The summed E-state index contributed by atoms with van der Waals surface area (Å²) in [7, 11) is 1.26. The molecule has 0 radical (unpaired) electrons. The standard InChI is InChI=1S/C32H41N3O6/c1-3-34(31(39)23-13-8-5-9-14-23)21-28(36)27(17-22-11-6-4-7-12-22)33-30(38)24-18-25(32(40)41-2)20-26(19-24)35-16-10-15-29(35)37/h4,6-7,11-12,18-20,23,27-28,36H,3,5,8-10,13-17,21H2,1-2H3,(H,33,38)/t27-,28+/m0/s1. The van der Waals surface area contributed by atoms with Crippen molar-refractivity contribution in [3.8, 4) is 0 Å². The maximum Gasteiger partial charge on any atom is 0.337 e. The fourth-order valence-corrected chi connectivity index (χ4v) is 5.79. The summed E-state index contributed by atoms with van der Waals surface area (Å²) in [4.78, 5) is 55.0. The summed E-state index contributed by atoms with van der Waals surface area (Å²) < 4.78 is 4.89. The Balaban J connectivity index is 1.58. The molecule has 1 aliphatic carbocycles. The second-order valence-corrected chi connectivity index (χ2v) is 11.0. The van der Waals surface area contributed by atoms with E-state index in [1.165, 1.54) is 13.2 Å². The smallest absolute Gasteiger partial charge is 0.337 e. The molecule has 0 aromatic heterocycles. The van der Waals surface area contributed by atoms with Crippen LogP contribution in [0.1, 0.15) is 78.1 Å². The van der Waals surface area contributed by atoms with E-state index in [9.17, 15) is 24.3 Å². The molecule has 3 amide bonds. The third-order valence-corrected chi connectivity index (χ3v) is 8.12. The molecular weight excluding hydrogens is 522 g/mol. The number of nitrogens with zero attached hydrogens (tertiary/aromatic N) is 2. The number of amides is 3. The van der Waals surface area contributed by atoms with Crippen molar-refractivity contribution in [1.82, 2.24) is 10.2 Å². The summed E-state index contributed by atoms with van der Waals surface area (Å²) in [6.45, 7) is 2.96. The summed E-state index contributed by atoms with van der Waals surface area (Å²) in [6.07, 6.45) is 5.38. The number of likely N-dealkylation sites (N-methyl/N-ethyl adjacent to an activating group) is 1. The van der Waals surface area contributed by atoms with Gasteiger partial charge in [-0.2, -0.15) is 0 Å². The average molecular weight is 564 g/mol. The van der Waals surface area contributed by atoms with Crippen molar-refractivity contribution in [3.63, 3.8) is 0 Å². The summed E-state index contributed by atoms with van der Waals surface area (Å²) in [6, 6.07) is 13.4. The van der Waals surface area contributed by atoms with E-state index in [-0.39, 0.29) is 35.4 Å². The van der Waals surface area contributed by atoms with Crippen molar-refractivity contribution in [3.05, 3.63) is 65.2 Å². The number of carbonyl (C=O) groups is 4. The van der Waals surface area contributed by atoms with Gasteiger partial charge in [0.2, 0.25) is 11.8 Å². The van der Waals surface area contributed by atoms with Gasteiger partial charge in [0, 0.05) is 43.2 Å². The van der Waals surface area contributed by atoms with Crippen molar-refractivity contribution in [2.24, 2.45) is 5.92 Å². The molecule has 1 aliphatic heterocycles. The van der Waals surface area contributed by atoms with Crippen LogP contribution >= 0.6 is 0 Å². The number of hydrogen-bond donors (Lipinski definition) is 2. The van der Waals surface area contributed by atoms with Crippen LogP contribution in [0.25, 0.3) is 0 Å². The molecule has 0 spiro atoms. The van der Waals surface area contributed by atoms with Crippen LogP contribution in [0.3, 0.4) is 0 Å². The number of benzene rings is 2. The van der Waals surface area contributed by atoms with Crippen molar-refractivity contribution in [1.29, 1.82) is 0 Å². The fraction of sp³-hybridized carbons (Fsp3) is 0.500. The normalized spacial score (nSPS) is 17.1. The Bertz CT molecular complexity index is 1230. The Labute approximate surface area is 241 Å². The second kappa shape index (κ2) is 14.3. The number of ether oxygens (including phenoxy) is 1. The number of anilines is 1. The van der Waals surface area contributed by atoms with Gasteiger partial charge < -0.3 is 25.0 Å². The molecule has 0 bridgehead atoms. The number of hydrogen-bond acceptors (Lipinski definition) is 6. The highest BCUT2D eigenvalue weighted by Crippen LogP contribution is 2.27. The van der Waals surface area contributed by atoms with E-state index in [2.05, 4.69) is 5.32 Å². The number of methoxy groups -OCH3 is 1. The van der Waals surface area contributed by atoms with Crippen LogP contribution in [0.2, 0.25) is 0 Å². The summed E-state index contributed by atoms with van der Waals surface area (Å²) in [5.41, 5.74) is 1.71. The minimum absolute atomic E-state index is 0.0224. The summed E-state index contributed by atoms with van der Waals surface area (Å²) >= 11 is 0. The van der Waals surface area contributed by atoms with Gasteiger partial charge in [-0.25, -0.2) is 4.79 Å². The molecule has 2 N–H and O–H groups in total. The van der Waals surface area contributed by atoms with Gasteiger partial charge in [0.1, 0.15) is 0 Å². The number of aliphatic hydroxyl groups is 1. The van der Waals surface area contributed by atoms with E-state index in [1.54, 1.807) is 21.9 Å². The van der Waals surface area contributed by atoms with E-state index < -0.39 is 24.0 Å². The maximum atomic E-state index is 13.6. The van der Waals surface area contributed by atoms with Crippen LogP contribution in [0, 0.1) is 5.92 Å². The Morgan fingerprint density at radius 2 is 1.76 bits per heavy atom. The zero-order valence-corrected chi connectivity index (χ0v) is 24.0. The van der Waals surface area contributed by atoms with Crippen LogP contribution in [0.15, 0.2) is 48.5 Å². The first kappa shape index (κ1) is 30.2. The molecule has 9 nitrogen and oxygen atoms in total. The van der Waals surface area contributed by atoms with Crippen LogP contribution in [0.4, 0.5) is 5.69 Å². The van der Waals surface area contributed by atoms with Gasteiger partial charge in [-0.3, -0.25) is 14.4 Å². The SMILES string of the molecule is CCN(C[C@@H](O)[C@H](Cc1ccccc1)NC(=O)c1cc(C(=O)OC)cc(N2CCCC2=O)c1)C(=O)C1CCCCC1. The monoisotopic (exact) mass is 563 g/mol. The number of rotatable bonds is 11. The lowest BCUT2D eigenvalue weighted by Gasteiger charge is -2.33. The zero-order chi connectivity index (χ0) is 29.4. The highest BCUT2D eigenvalue weighted by Gasteiger charge is 2.31. The lowest BCUT2D eigenvalue weighted by atomic mass is 9.88. The fourth-order valence-electron chi connectivity index (χ4n) is 5.79. The Morgan fingerprint density at radius 1 is 1.05 bits per heavy atom. The first-order valence-electron chi connectivity index (χ1n) is 14.7. The Morgan fingerprint density at radius 3 is 2.39 bits per heavy atom. The number of aliphatic hydroxyl groups excluding tert-OH is 1. The van der Waals surface area contributed by atoms with Crippen molar-refractivity contribution in [2.75, 3.05) is 31.6 Å². The highest BCUT2D eigenvalue weighted by atomic mass is 16.5. The topological polar surface area (TPSA) is 116 Å². The minimum atomic E-state index is -1.03. The maximum absolute atomic E-state index is 13.6. The third-order valence-electron chi connectivity index (χ3n) is 8.12. The molecule has 41 heavy (non-hydrogen) atoms. The molecule has 1 heterocycles. The zero-order valence-electron chi connectivity index (χ0n) is 24.0. The summed E-state index contributed by atoms with van der Waals surface area (Å²) in [5, 5.41) is 14.4. The van der Waals surface area contributed by atoms with E-state index in [0.717, 1.165) is 37.7 Å². The minimum Gasteiger partial charge on any atom is -0.465 e. The Kier molecular flexibility index (Phi) is 10.5. The number of esters is 1. The molecule has 2 fully saturated rings. The quantitative estimate of drug-likeness (QED) is 0.403. The van der Waals surface area contributed by atoms with Gasteiger partial charge in [0.05, 0.1) is 24.8 Å². The van der Waals surface area contributed by atoms with Gasteiger partial charge in [0.25, 0.3) is 5.91 Å². The van der Waals surface area contributed by atoms with Crippen molar-refractivity contribution >= 4 is 29.4 Å². The highest BCUT2D eigenvalue weighted by molar-refractivity contribution is 6.02. The van der Waals surface area contributed by atoms with Crippen LogP contribution in [-0.4, -0.2) is 72.6 Å². The summed E-state index contributed by atoms with van der Waals surface area (Å²) in [5.74, 6) is -1.15. The first-order valence-corrected chi connectivity index (χ1v) is 14.7. The van der Waals surface area contributed by atoms with E-state index in [4.69, 9.17) is 4.74 Å². The molecule has 9 heteroatoms. The van der Waals surface area contributed by atoms with E-state index >= 15 is 0 Å². The molecule has 2 aromatic carbocycles. The van der Waals surface area contributed by atoms with Gasteiger partial charge in [-0.15, -0.1) is 0 Å². The van der Waals surface area contributed by atoms with Gasteiger partial charge in [-0.1, -0.05) is 49.6 Å². The number of nitrogens with one attached hydrogen (secondary N) is 1. The van der Waals surface area contributed by atoms with Crippen molar-refractivity contribution in [2.45, 2.75) is 70.4 Å². The van der Waals surface area contributed by atoms with Gasteiger partial charge in [0.15, 0.2) is 0 Å². The van der Waals surface area contributed by atoms with Gasteiger partial charge in [-0.05, 0) is 56.4 Å². The van der Waals surface area contributed by atoms with Crippen LogP contribution < -0.4 is 10.2 Å². The largest absolute Gasteiger partial charge is 0.465 e. The Hall–Kier alpha value is -3.72. The molecule has 220 valence electrons. The molecule has 2 atom stereocenters. The molecule has 1 saturated carbocycles. The van der Waals surface area contributed by atoms with Crippen molar-refractivity contribution < 1.29 is 29.0 Å². The van der Waals surface area contributed by atoms with E-state index in [1.807, 2.05) is 37.3 Å². The lowest BCUT2D eigenvalue weighted by Crippen LogP contribution is -2.51. The van der Waals surface area contributed by atoms with Crippen LogP contribution in [-0.2, 0) is 20.7 Å². The predicted molar refractivity (Wildman–Crippen MR) is 156 cm³/mol. The van der Waals surface area contributed by atoms with E-state index in [0.29, 0.717) is 38.0 Å². The third kappa shape index (κ3) is 7.73. The molecular formula is C32H41N3O6. The van der Waals surface area contributed by atoms with Crippen LogP contribution in [0.5, 0.6) is 0 Å². The number of carbonyl (C=O) groups excluding carboxylic acids is 4. The second-order valence-electron chi connectivity index (χ2n) is 11.0. The molecule has 2 aromatic rings. The molecule has 0 unspecified atom stereocenters. The molecule has 1 saturated heterocycles. The first-order chi connectivity index (χ1) is 19.8. The lowest BCUT2D eigenvalue weighted by molar-refractivity contribution is -0.138. The van der Waals surface area contributed by atoms with Gasteiger partial charge >= 0.3 is 5.97 Å². The predicted octanol–water partition coefficient (Wildman–Crippen LogP) is 3.73. The molecule has 4 rings (SSSR count).